The van der Waals surface area contributed by atoms with Crippen LogP contribution in [0.5, 0.6) is 0 Å². The van der Waals surface area contributed by atoms with Gasteiger partial charge in [-0.3, -0.25) is 4.79 Å². The van der Waals surface area contributed by atoms with E-state index in [4.69, 9.17) is 5.11 Å². The fraction of sp³-hybridized carbons (Fsp3) is 0.333. The molecule has 7 nitrogen and oxygen atoms in total. The molecule has 0 radical (unpaired) electrons. The van der Waals surface area contributed by atoms with Crippen LogP contribution < -0.4 is 5.32 Å². The summed E-state index contributed by atoms with van der Waals surface area (Å²) in [6.07, 6.45) is 0.517. The minimum absolute atomic E-state index is 0.0298. The van der Waals surface area contributed by atoms with Crippen LogP contribution in [0.2, 0.25) is 0 Å². The van der Waals surface area contributed by atoms with Gasteiger partial charge in [-0.05, 0) is 18.6 Å². The zero-order valence-corrected chi connectivity index (χ0v) is 12.1. The molecule has 0 aliphatic heterocycles. The zero-order chi connectivity index (χ0) is 15.9. The molecular formula is C15H16N4O3. The van der Waals surface area contributed by atoms with Gasteiger partial charge in [0, 0.05) is 13.2 Å². The third-order valence-corrected chi connectivity index (χ3v) is 3.06. The van der Waals surface area contributed by atoms with E-state index in [1.807, 2.05) is 12.1 Å². The van der Waals surface area contributed by atoms with Gasteiger partial charge in [-0.25, -0.2) is 9.97 Å². The highest BCUT2D eigenvalue weighted by molar-refractivity contribution is 5.84. The number of para-hydroxylation sites is 2. The molecule has 2 N–H and O–H groups in total. The summed E-state index contributed by atoms with van der Waals surface area (Å²) in [7, 11) is 1.22. The first-order valence-corrected chi connectivity index (χ1v) is 6.80. The SMILES string of the molecule is COC(=O)[C@H](C#N)c1nc2ccccc2nc1NCCCO. The number of aromatic nitrogens is 2. The Morgan fingerprint density at radius 3 is 2.68 bits per heavy atom. The fourth-order valence-corrected chi connectivity index (χ4v) is 1.97. The maximum atomic E-state index is 11.8. The third kappa shape index (κ3) is 3.30. The van der Waals surface area contributed by atoms with Crippen molar-refractivity contribution in [3.05, 3.63) is 30.0 Å². The molecule has 22 heavy (non-hydrogen) atoms. The van der Waals surface area contributed by atoms with Crippen molar-refractivity contribution < 1.29 is 14.6 Å². The first-order chi connectivity index (χ1) is 10.7. The molecule has 0 aliphatic rings. The van der Waals surface area contributed by atoms with E-state index < -0.39 is 11.9 Å². The Labute approximate surface area is 127 Å². The summed E-state index contributed by atoms with van der Waals surface area (Å²) in [5.74, 6) is -1.49. The lowest BCUT2D eigenvalue weighted by Gasteiger charge is -2.13. The van der Waals surface area contributed by atoms with Gasteiger partial charge in [-0.2, -0.15) is 5.26 Å². The van der Waals surface area contributed by atoms with Crippen LogP contribution in [0.1, 0.15) is 18.0 Å². The van der Waals surface area contributed by atoms with Crippen molar-refractivity contribution >= 4 is 22.8 Å². The maximum Gasteiger partial charge on any atom is 0.329 e. The van der Waals surface area contributed by atoms with E-state index in [9.17, 15) is 10.1 Å². The van der Waals surface area contributed by atoms with Crippen molar-refractivity contribution in [3.63, 3.8) is 0 Å². The third-order valence-electron chi connectivity index (χ3n) is 3.06. The number of carbonyl (C=O) groups excluding carboxylic acids is 1. The highest BCUT2D eigenvalue weighted by Gasteiger charge is 2.27. The van der Waals surface area contributed by atoms with Crippen molar-refractivity contribution in [2.45, 2.75) is 12.3 Å². The Balaban J connectivity index is 2.50. The molecule has 7 heteroatoms. The molecule has 1 atom stereocenters. The van der Waals surface area contributed by atoms with Crippen LogP contribution in [0, 0.1) is 11.3 Å². The monoisotopic (exact) mass is 300 g/mol. The summed E-state index contributed by atoms with van der Waals surface area (Å²) in [6.45, 7) is 0.484. The fourth-order valence-electron chi connectivity index (χ4n) is 1.97. The number of nitrogens with one attached hydrogen (secondary N) is 1. The van der Waals surface area contributed by atoms with Crippen molar-refractivity contribution in [2.24, 2.45) is 0 Å². The number of rotatable bonds is 6. The standard InChI is InChI=1S/C15H16N4O3/c1-22-15(21)10(9-16)13-14(17-7-4-8-20)19-12-6-3-2-5-11(12)18-13/h2-3,5-6,10,20H,4,7-8H2,1H3,(H,17,19)/t10-/m1/s1. The molecule has 0 fully saturated rings. The number of benzene rings is 1. The van der Waals surface area contributed by atoms with E-state index in [2.05, 4.69) is 20.0 Å². The number of esters is 1. The van der Waals surface area contributed by atoms with Gasteiger partial charge in [0.1, 0.15) is 5.69 Å². The number of aliphatic hydroxyl groups is 1. The molecule has 0 aliphatic carbocycles. The predicted molar refractivity (Wildman–Crippen MR) is 80.1 cm³/mol. The van der Waals surface area contributed by atoms with E-state index in [1.54, 1.807) is 18.2 Å². The van der Waals surface area contributed by atoms with Gasteiger partial charge in [-0.1, -0.05) is 12.1 Å². The number of hydrogen-bond acceptors (Lipinski definition) is 7. The summed E-state index contributed by atoms with van der Waals surface area (Å²) in [4.78, 5) is 20.6. The number of methoxy groups -OCH3 is 1. The minimum atomic E-state index is -1.15. The normalized spacial score (nSPS) is 11.7. The Morgan fingerprint density at radius 2 is 2.09 bits per heavy atom. The summed E-state index contributed by atoms with van der Waals surface area (Å²) < 4.78 is 4.65. The van der Waals surface area contributed by atoms with E-state index in [0.29, 0.717) is 29.8 Å². The van der Waals surface area contributed by atoms with Crippen LogP contribution >= 0.6 is 0 Å². The lowest BCUT2D eigenvalue weighted by atomic mass is 10.1. The van der Waals surface area contributed by atoms with E-state index >= 15 is 0 Å². The molecule has 0 spiro atoms. The van der Waals surface area contributed by atoms with Gasteiger partial charge < -0.3 is 15.2 Å². The highest BCUT2D eigenvalue weighted by atomic mass is 16.5. The van der Waals surface area contributed by atoms with Crippen molar-refractivity contribution in [1.82, 2.24) is 9.97 Å². The van der Waals surface area contributed by atoms with Gasteiger partial charge in [0.15, 0.2) is 11.7 Å². The van der Waals surface area contributed by atoms with Gasteiger partial charge >= 0.3 is 5.97 Å². The second-order valence-electron chi connectivity index (χ2n) is 4.54. The van der Waals surface area contributed by atoms with Crippen LogP contribution in [0.25, 0.3) is 11.0 Å². The number of aliphatic hydroxyl groups excluding tert-OH is 1. The predicted octanol–water partition coefficient (Wildman–Crippen LogP) is 1.20. The van der Waals surface area contributed by atoms with Gasteiger partial charge in [0.25, 0.3) is 0 Å². The number of nitriles is 1. The molecule has 0 bridgehead atoms. The molecule has 1 aromatic carbocycles. The Kier molecular flexibility index (Phi) is 5.22. The quantitative estimate of drug-likeness (QED) is 0.609. The first-order valence-electron chi connectivity index (χ1n) is 6.80. The van der Waals surface area contributed by atoms with Crippen LogP contribution in [-0.4, -0.2) is 41.3 Å². The summed E-state index contributed by atoms with van der Waals surface area (Å²) in [5, 5.41) is 21.1. The van der Waals surface area contributed by atoms with Crippen molar-refractivity contribution in [3.8, 4) is 6.07 Å². The number of anilines is 1. The van der Waals surface area contributed by atoms with Crippen molar-refractivity contribution in [1.29, 1.82) is 5.26 Å². The molecule has 1 heterocycles. The largest absolute Gasteiger partial charge is 0.468 e. The lowest BCUT2D eigenvalue weighted by molar-refractivity contribution is -0.141. The van der Waals surface area contributed by atoms with Gasteiger partial charge in [-0.15, -0.1) is 0 Å². The van der Waals surface area contributed by atoms with Gasteiger partial charge in [0.05, 0.1) is 24.2 Å². The van der Waals surface area contributed by atoms with E-state index in [1.165, 1.54) is 7.11 Å². The van der Waals surface area contributed by atoms with Crippen LogP contribution in [0.3, 0.4) is 0 Å². The topological polar surface area (TPSA) is 108 Å². The number of fused-ring (bicyclic) bond motifs is 1. The summed E-state index contributed by atoms with van der Waals surface area (Å²) >= 11 is 0. The summed E-state index contributed by atoms with van der Waals surface area (Å²) in [5.41, 5.74) is 1.47. The van der Waals surface area contributed by atoms with Crippen LogP contribution in [-0.2, 0) is 9.53 Å². The van der Waals surface area contributed by atoms with Gasteiger partial charge in [0.2, 0.25) is 0 Å². The molecule has 2 aromatic rings. The number of ether oxygens (including phenoxy) is 1. The Morgan fingerprint density at radius 1 is 1.41 bits per heavy atom. The number of nitrogens with zero attached hydrogens (tertiary/aromatic N) is 3. The molecule has 0 amide bonds. The molecule has 0 unspecified atom stereocenters. The zero-order valence-electron chi connectivity index (χ0n) is 12.1. The molecule has 0 saturated carbocycles. The van der Waals surface area contributed by atoms with Crippen LogP contribution in [0.15, 0.2) is 24.3 Å². The second kappa shape index (κ2) is 7.33. The van der Waals surface area contributed by atoms with E-state index in [0.717, 1.165) is 0 Å². The number of hydrogen-bond donors (Lipinski definition) is 2. The average Bonchev–Trinajstić information content (AvgIpc) is 2.55. The average molecular weight is 300 g/mol. The summed E-state index contributed by atoms with van der Waals surface area (Å²) in [6, 6.07) is 9.09. The Hall–Kier alpha value is -2.72. The number of carbonyl (C=O) groups is 1. The maximum absolute atomic E-state index is 11.8. The van der Waals surface area contributed by atoms with Crippen molar-refractivity contribution in [2.75, 3.05) is 25.6 Å². The first kappa shape index (κ1) is 15.7. The lowest BCUT2D eigenvalue weighted by Crippen LogP contribution is -2.18. The smallest absolute Gasteiger partial charge is 0.329 e. The molecule has 1 aromatic heterocycles. The molecular weight excluding hydrogens is 284 g/mol. The Bertz CT molecular complexity index is 711. The molecule has 2 rings (SSSR count). The second-order valence-corrected chi connectivity index (χ2v) is 4.54. The van der Waals surface area contributed by atoms with E-state index in [-0.39, 0.29) is 12.3 Å². The molecule has 0 saturated heterocycles. The highest BCUT2D eigenvalue weighted by Crippen LogP contribution is 2.24. The van der Waals surface area contributed by atoms with Crippen LogP contribution in [0.4, 0.5) is 5.82 Å². The molecule has 114 valence electrons. The minimum Gasteiger partial charge on any atom is -0.468 e.